The molecule has 1 amide bonds. The second kappa shape index (κ2) is 6.06. The van der Waals surface area contributed by atoms with Gasteiger partial charge >= 0.3 is 0 Å². The molecular weight excluding hydrogens is 300 g/mol. The fraction of sp³-hybridized carbons (Fsp3) is 0.474. The van der Waals surface area contributed by atoms with Crippen molar-refractivity contribution in [3.05, 3.63) is 35.5 Å². The lowest BCUT2D eigenvalue weighted by atomic mass is 9.91. The fourth-order valence-corrected chi connectivity index (χ4v) is 3.01. The van der Waals surface area contributed by atoms with Crippen molar-refractivity contribution in [3.63, 3.8) is 0 Å². The van der Waals surface area contributed by atoms with Crippen LogP contribution in [-0.2, 0) is 11.2 Å². The van der Waals surface area contributed by atoms with Gasteiger partial charge in [0.25, 0.3) is 5.91 Å². The SMILES string of the molecule is C/C(=N\NC(=O)[C@@H]1Cc2c([nH]c3ccccc23)[C@H](C)N1)C(C)(C)C. The van der Waals surface area contributed by atoms with Gasteiger partial charge in [0.05, 0.1) is 6.04 Å². The van der Waals surface area contributed by atoms with E-state index in [1.54, 1.807) is 0 Å². The molecular formula is C19H26N4O. The van der Waals surface area contributed by atoms with Crippen molar-refractivity contribution in [2.75, 3.05) is 0 Å². The maximum atomic E-state index is 12.6. The molecule has 1 aliphatic heterocycles. The first-order valence-corrected chi connectivity index (χ1v) is 8.47. The number of benzene rings is 1. The Balaban J connectivity index is 1.81. The number of carbonyl (C=O) groups is 1. The lowest BCUT2D eigenvalue weighted by Gasteiger charge is -2.28. The molecule has 0 bridgehead atoms. The van der Waals surface area contributed by atoms with Crippen molar-refractivity contribution in [3.8, 4) is 0 Å². The van der Waals surface area contributed by atoms with Crippen LogP contribution in [0.25, 0.3) is 10.9 Å². The van der Waals surface area contributed by atoms with Crippen molar-refractivity contribution in [2.24, 2.45) is 10.5 Å². The Morgan fingerprint density at radius 2 is 2.00 bits per heavy atom. The summed E-state index contributed by atoms with van der Waals surface area (Å²) in [6.07, 6.45) is 0.666. The predicted octanol–water partition coefficient (Wildman–Crippen LogP) is 3.28. The minimum Gasteiger partial charge on any atom is -0.357 e. The average Bonchev–Trinajstić information content (AvgIpc) is 2.90. The average molecular weight is 326 g/mol. The molecule has 1 aromatic heterocycles. The van der Waals surface area contributed by atoms with Crippen molar-refractivity contribution in [2.45, 2.75) is 53.1 Å². The Kier molecular flexibility index (Phi) is 4.22. The zero-order valence-electron chi connectivity index (χ0n) is 15.0. The van der Waals surface area contributed by atoms with Crippen molar-refractivity contribution in [1.82, 2.24) is 15.7 Å². The summed E-state index contributed by atoms with van der Waals surface area (Å²) in [6.45, 7) is 10.3. The maximum absolute atomic E-state index is 12.6. The van der Waals surface area contributed by atoms with Crippen LogP contribution in [0, 0.1) is 5.41 Å². The summed E-state index contributed by atoms with van der Waals surface area (Å²) in [5.74, 6) is -0.0821. The van der Waals surface area contributed by atoms with Gasteiger partial charge in [-0.3, -0.25) is 10.1 Å². The van der Waals surface area contributed by atoms with Gasteiger partial charge in [-0.2, -0.15) is 5.10 Å². The number of hydrazone groups is 1. The number of para-hydroxylation sites is 1. The van der Waals surface area contributed by atoms with E-state index in [0.29, 0.717) is 6.42 Å². The molecule has 0 saturated carbocycles. The van der Waals surface area contributed by atoms with E-state index in [-0.39, 0.29) is 23.4 Å². The van der Waals surface area contributed by atoms with Crippen LogP contribution in [0.15, 0.2) is 29.4 Å². The van der Waals surface area contributed by atoms with E-state index < -0.39 is 0 Å². The number of aromatic nitrogens is 1. The fourth-order valence-electron chi connectivity index (χ4n) is 3.01. The summed E-state index contributed by atoms with van der Waals surface area (Å²) in [7, 11) is 0. The Bertz CT molecular complexity index is 797. The first-order valence-electron chi connectivity index (χ1n) is 8.47. The largest absolute Gasteiger partial charge is 0.357 e. The maximum Gasteiger partial charge on any atom is 0.257 e. The first kappa shape index (κ1) is 16.7. The number of aromatic amines is 1. The molecule has 24 heavy (non-hydrogen) atoms. The van der Waals surface area contributed by atoms with Gasteiger partial charge in [0, 0.05) is 33.8 Å². The summed E-state index contributed by atoms with van der Waals surface area (Å²) in [5, 5.41) is 8.86. The molecule has 5 nitrogen and oxygen atoms in total. The topological polar surface area (TPSA) is 69.3 Å². The summed E-state index contributed by atoms with van der Waals surface area (Å²) >= 11 is 0. The summed E-state index contributed by atoms with van der Waals surface area (Å²) in [5.41, 5.74) is 7.11. The molecule has 0 unspecified atom stereocenters. The summed E-state index contributed by atoms with van der Waals surface area (Å²) in [4.78, 5) is 16.0. The smallest absolute Gasteiger partial charge is 0.257 e. The molecule has 2 atom stereocenters. The molecule has 3 N–H and O–H groups in total. The van der Waals surface area contributed by atoms with Crippen LogP contribution in [0.3, 0.4) is 0 Å². The molecule has 0 radical (unpaired) electrons. The van der Waals surface area contributed by atoms with Gasteiger partial charge in [-0.15, -0.1) is 0 Å². The van der Waals surface area contributed by atoms with Gasteiger partial charge in [0.1, 0.15) is 0 Å². The van der Waals surface area contributed by atoms with Gasteiger partial charge < -0.3 is 4.98 Å². The number of nitrogens with one attached hydrogen (secondary N) is 3. The van der Waals surface area contributed by atoms with Gasteiger partial charge in [-0.1, -0.05) is 39.0 Å². The summed E-state index contributed by atoms with van der Waals surface area (Å²) in [6, 6.07) is 8.07. The van der Waals surface area contributed by atoms with Gasteiger partial charge in [-0.05, 0) is 31.9 Å². The molecule has 0 saturated heterocycles. The number of rotatable bonds is 2. The van der Waals surface area contributed by atoms with E-state index in [4.69, 9.17) is 0 Å². The second-order valence-corrected chi connectivity index (χ2v) is 7.63. The zero-order valence-corrected chi connectivity index (χ0v) is 15.0. The highest BCUT2D eigenvalue weighted by molar-refractivity contribution is 5.91. The quantitative estimate of drug-likeness (QED) is 0.585. The Hall–Kier alpha value is -2.14. The van der Waals surface area contributed by atoms with Crippen LogP contribution < -0.4 is 10.7 Å². The van der Waals surface area contributed by atoms with E-state index in [1.165, 1.54) is 16.6 Å². The molecule has 3 rings (SSSR count). The lowest BCUT2D eigenvalue weighted by molar-refractivity contribution is -0.123. The molecule has 5 heteroatoms. The summed E-state index contributed by atoms with van der Waals surface area (Å²) < 4.78 is 0. The minimum absolute atomic E-state index is 0.0510. The van der Waals surface area contributed by atoms with Crippen LogP contribution >= 0.6 is 0 Å². The molecule has 0 fully saturated rings. The minimum atomic E-state index is -0.275. The third kappa shape index (κ3) is 3.08. The molecule has 2 aromatic rings. The van der Waals surface area contributed by atoms with Gasteiger partial charge in [0.2, 0.25) is 0 Å². The van der Waals surface area contributed by atoms with Crippen molar-refractivity contribution >= 4 is 22.5 Å². The highest BCUT2D eigenvalue weighted by Crippen LogP contribution is 2.31. The van der Waals surface area contributed by atoms with Crippen LogP contribution in [0.5, 0.6) is 0 Å². The monoisotopic (exact) mass is 326 g/mol. The van der Waals surface area contributed by atoms with Gasteiger partial charge in [0.15, 0.2) is 0 Å². The second-order valence-electron chi connectivity index (χ2n) is 7.63. The van der Waals surface area contributed by atoms with E-state index in [2.05, 4.69) is 60.7 Å². The van der Waals surface area contributed by atoms with E-state index in [0.717, 1.165) is 11.2 Å². The highest BCUT2D eigenvalue weighted by Gasteiger charge is 2.31. The van der Waals surface area contributed by atoms with Crippen LogP contribution in [0.4, 0.5) is 0 Å². The van der Waals surface area contributed by atoms with Crippen molar-refractivity contribution < 1.29 is 4.79 Å². The van der Waals surface area contributed by atoms with E-state index >= 15 is 0 Å². The number of nitrogens with zero attached hydrogens (tertiary/aromatic N) is 1. The molecule has 2 heterocycles. The van der Waals surface area contributed by atoms with Crippen molar-refractivity contribution in [1.29, 1.82) is 0 Å². The molecule has 0 spiro atoms. The van der Waals surface area contributed by atoms with Crippen LogP contribution in [0.2, 0.25) is 0 Å². The normalized spacial score (nSPS) is 21.6. The Labute approximate surface area is 142 Å². The Morgan fingerprint density at radius 1 is 1.29 bits per heavy atom. The molecule has 1 aliphatic rings. The zero-order chi connectivity index (χ0) is 17.5. The van der Waals surface area contributed by atoms with E-state index in [1.807, 2.05) is 19.1 Å². The van der Waals surface area contributed by atoms with Gasteiger partial charge in [-0.25, -0.2) is 5.43 Å². The molecule has 1 aromatic carbocycles. The highest BCUT2D eigenvalue weighted by atomic mass is 16.2. The number of carbonyl (C=O) groups excluding carboxylic acids is 1. The Morgan fingerprint density at radius 3 is 2.71 bits per heavy atom. The number of amides is 1. The third-order valence-electron chi connectivity index (χ3n) is 4.87. The first-order chi connectivity index (χ1) is 11.3. The number of H-pyrrole nitrogens is 1. The third-order valence-corrected chi connectivity index (χ3v) is 4.87. The number of hydrogen-bond donors (Lipinski definition) is 3. The number of hydrogen-bond acceptors (Lipinski definition) is 3. The predicted molar refractivity (Wildman–Crippen MR) is 98.0 cm³/mol. The number of fused-ring (bicyclic) bond motifs is 3. The molecule has 0 aliphatic carbocycles. The standard InChI is InChI=1S/C19H26N4O/c1-11-17-14(13-8-6-7-9-15(13)21-17)10-16(20-11)18(24)23-22-12(2)19(3,4)5/h6-9,11,16,20-21H,10H2,1-5H3,(H,23,24)/b22-12+/t11-,16-/m0/s1. The van der Waals surface area contributed by atoms with Crippen LogP contribution in [0.1, 0.15) is 51.9 Å². The van der Waals surface area contributed by atoms with Crippen LogP contribution in [-0.4, -0.2) is 22.6 Å². The molecule has 128 valence electrons. The van der Waals surface area contributed by atoms with E-state index in [9.17, 15) is 4.79 Å². The lowest BCUT2D eigenvalue weighted by Crippen LogP contribution is -2.48.